The molecule has 1 heterocycles. The Morgan fingerprint density at radius 1 is 1.15 bits per heavy atom. The smallest absolute Gasteiger partial charge is 0.0361 e. The first-order chi connectivity index (χ1) is 6.02. The maximum Gasteiger partial charge on any atom is 0.0361 e. The lowest BCUT2D eigenvalue weighted by Gasteiger charge is -2.36. The van der Waals surface area contributed by atoms with E-state index >= 15 is 0 Å². The highest BCUT2D eigenvalue weighted by molar-refractivity contribution is 5.26. The first kappa shape index (κ1) is 12.0. The third kappa shape index (κ3) is 3.49. The molecule has 0 fully saturated rings. The number of hydrogen-bond donors (Lipinski definition) is 0. The minimum atomic E-state index is 0.137. The summed E-state index contributed by atoms with van der Waals surface area (Å²) in [4.78, 5) is 2.16. The van der Waals surface area contributed by atoms with Crippen LogP contribution in [0.1, 0.15) is 34.6 Å². The van der Waals surface area contributed by atoms with Gasteiger partial charge in [-0.25, -0.2) is 0 Å². The highest BCUT2D eigenvalue weighted by Crippen LogP contribution is 2.21. The van der Waals surface area contributed by atoms with Crippen molar-refractivity contribution in [3.63, 3.8) is 0 Å². The lowest BCUT2D eigenvalue weighted by molar-refractivity contribution is 0.265. The van der Waals surface area contributed by atoms with Crippen LogP contribution in [0, 0.1) is 0 Å². The fourth-order valence-electron chi connectivity index (χ4n) is 1.13. The maximum absolute atomic E-state index is 3.95. The Morgan fingerprint density at radius 3 is 2.00 bits per heavy atom. The molecule has 0 saturated carbocycles. The van der Waals surface area contributed by atoms with Gasteiger partial charge in [-0.05, 0) is 32.9 Å². The molecular weight excluding hydrogens is 158 g/mol. The lowest BCUT2D eigenvalue weighted by Crippen LogP contribution is -2.36. The quantitative estimate of drug-likeness (QED) is 0.548. The van der Waals surface area contributed by atoms with Crippen LogP contribution in [0.25, 0.3) is 0 Å². The van der Waals surface area contributed by atoms with Crippen LogP contribution in [0.2, 0.25) is 0 Å². The van der Waals surface area contributed by atoms with Gasteiger partial charge in [-0.2, -0.15) is 0 Å². The van der Waals surface area contributed by atoms with Crippen LogP contribution >= 0.6 is 0 Å². The van der Waals surface area contributed by atoms with Crippen molar-refractivity contribution in [3.8, 4) is 0 Å². The van der Waals surface area contributed by atoms with Crippen molar-refractivity contribution in [3.05, 3.63) is 36.7 Å². The monoisotopic (exact) mass is 179 g/mol. The van der Waals surface area contributed by atoms with E-state index in [0.29, 0.717) is 0 Å². The van der Waals surface area contributed by atoms with E-state index in [9.17, 15) is 0 Å². The summed E-state index contributed by atoms with van der Waals surface area (Å²) in [5.41, 5.74) is 1.19. The number of hydrogen-bond acceptors (Lipinski definition) is 1. The highest BCUT2D eigenvalue weighted by Gasteiger charge is 2.19. The van der Waals surface area contributed by atoms with Gasteiger partial charge in [0.2, 0.25) is 0 Å². The van der Waals surface area contributed by atoms with Crippen molar-refractivity contribution in [2.24, 2.45) is 0 Å². The predicted molar refractivity (Wildman–Crippen MR) is 60.4 cm³/mol. The summed E-state index contributed by atoms with van der Waals surface area (Å²) in [6.45, 7) is 14.5. The molecule has 0 aromatic heterocycles. The van der Waals surface area contributed by atoms with Crippen molar-refractivity contribution in [2.45, 2.75) is 40.2 Å². The second-order valence-electron chi connectivity index (χ2n) is 3.73. The van der Waals surface area contributed by atoms with Crippen LogP contribution in [-0.2, 0) is 0 Å². The summed E-state index contributed by atoms with van der Waals surface area (Å²) in [5, 5.41) is 0. The van der Waals surface area contributed by atoms with E-state index in [-0.39, 0.29) is 5.54 Å². The van der Waals surface area contributed by atoms with Crippen molar-refractivity contribution in [1.82, 2.24) is 4.90 Å². The molecule has 0 amide bonds. The predicted octanol–water partition coefficient (Wildman–Crippen LogP) is 3.71. The molecule has 0 N–H and O–H groups in total. The van der Waals surface area contributed by atoms with Gasteiger partial charge in [-0.1, -0.05) is 26.5 Å². The molecule has 1 heteroatoms. The average molecular weight is 179 g/mol. The summed E-state index contributed by atoms with van der Waals surface area (Å²) >= 11 is 0. The number of nitrogens with zero attached hydrogens (tertiary/aromatic N) is 1. The maximum atomic E-state index is 3.95. The van der Waals surface area contributed by atoms with Gasteiger partial charge in [0.25, 0.3) is 0 Å². The Hall–Kier alpha value is -0.980. The Kier molecular flexibility index (Phi) is 4.53. The fraction of sp³-hybridized carbons (Fsp3) is 0.500. The van der Waals surface area contributed by atoms with Gasteiger partial charge in [0, 0.05) is 17.4 Å². The van der Waals surface area contributed by atoms with E-state index in [4.69, 9.17) is 0 Å². The van der Waals surface area contributed by atoms with Crippen molar-refractivity contribution in [1.29, 1.82) is 0 Å². The lowest BCUT2D eigenvalue weighted by atomic mass is 10.0. The summed E-state index contributed by atoms with van der Waals surface area (Å²) < 4.78 is 0. The minimum absolute atomic E-state index is 0.137. The van der Waals surface area contributed by atoms with Crippen LogP contribution in [0.15, 0.2) is 36.7 Å². The molecule has 0 unspecified atom stereocenters. The zero-order valence-corrected chi connectivity index (χ0v) is 9.46. The van der Waals surface area contributed by atoms with Crippen LogP contribution in [0.4, 0.5) is 0 Å². The van der Waals surface area contributed by atoms with Gasteiger partial charge in [0.1, 0.15) is 0 Å². The Labute approximate surface area is 82.4 Å². The van der Waals surface area contributed by atoms with Gasteiger partial charge in [0.05, 0.1) is 0 Å². The van der Waals surface area contributed by atoms with Crippen molar-refractivity contribution >= 4 is 0 Å². The number of rotatable bonds is 0. The Morgan fingerprint density at radius 2 is 1.69 bits per heavy atom. The van der Waals surface area contributed by atoms with Crippen LogP contribution in [0.3, 0.4) is 0 Å². The standard InChI is InChI=1S/C10H15N.C2H6/c1-9-7-5-6-8-11(9)10(2,3)4;1-2/h5-8H,1H2,2-4H3;1-2H3. The van der Waals surface area contributed by atoms with E-state index in [0.717, 1.165) is 5.70 Å². The van der Waals surface area contributed by atoms with Gasteiger partial charge in [-0.3, -0.25) is 0 Å². The third-order valence-electron chi connectivity index (χ3n) is 1.67. The fourth-order valence-corrected chi connectivity index (χ4v) is 1.13. The zero-order chi connectivity index (χ0) is 10.5. The van der Waals surface area contributed by atoms with Crippen LogP contribution in [0.5, 0.6) is 0 Å². The van der Waals surface area contributed by atoms with Crippen molar-refractivity contribution < 1.29 is 0 Å². The molecule has 0 bridgehead atoms. The first-order valence-electron chi connectivity index (χ1n) is 4.85. The summed E-state index contributed by atoms with van der Waals surface area (Å²) in [7, 11) is 0. The van der Waals surface area contributed by atoms with E-state index < -0.39 is 0 Å². The molecular formula is C12H21N. The second-order valence-corrected chi connectivity index (χ2v) is 3.73. The molecule has 1 nitrogen and oxygen atoms in total. The summed E-state index contributed by atoms with van der Waals surface area (Å²) in [6.07, 6.45) is 8.11. The van der Waals surface area contributed by atoms with E-state index in [1.54, 1.807) is 0 Å². The van der Waals surface area contributed by atoms with E-state index in [1.165, 1.54) is 0 Å². The normalized spacial score (nSPS) is 15.5. The van der Waals surface area contributed by atoms with Crippen molar-refractivity contribution in [2.75, 3.05) is 0 Å². The molecule has 13 heavy (non-hydrogen) atoms. The largest absolute Gasteiger partial charge is 0.343 e. The highest BCUT2D eigenvalue weighted by atomic mass is 15.2. The molecule has 0 aromatic rings. The zero-order valence-electron chi connectivity index (χ0n) is 9.46. The Balaban J connectivity index is 0.000000671. The first-order valence-corrected chi connectivity index (χ1v) is 4.85. The average Bonchev–Trinajstić information content (AvgIpc) is 2.07. The topological polar surface area (TPSA) is 3.24 Å². The van der Waals surface area contributed by atoms with Gasteiger partial charge in [-0.15, -0.1) is 0 Å². The molecule has 0 radical (unpaired) electrons. The molecule has 0 saturated heterocycles. The van der Waals surface area contributed by atoms with Crippen LogP contribution < -0.4 is 0 Å². The summed E-state index contributed by atoms with van der Waals surface area (Å²) in [6, 6.07) is 0. The molecule has 1 rings (SSSR count). The molecule has 0 aliphatic carbocycles. The molecule has 0 spiro atoms. The Bertz CT molecular complexity index is 216. The second kappa shape index (κ2) is 4.90. The molecule has 0 atom stereocenters. The minimum Gasteiger partial charge on any atom is -0.343 e. The van der Waals surface area contributed by atoms with Gasteiger partial charge < -0.3 is 4.90 Å². The third-order valence-corrected chi connectivity index (χ3v) is 1.67. The van der Waals surface area contributed by atoms with Crippen LogP contribution in [-0.4, -0.2) is 10.4 Å². The van der Waals surface area contributed by atoms with Gasteiger partial charge >= 0.3 is 0 Å². The summed E-state index contributed by atoms with van der Waals surface area (Å²) in [5.74, 6) is 0. The van der Waals surface area contributed by atoms with Gasteiger partial charge in [0.15, 0.2) is 0 Å². The SMILES string of the molecule is C=C1C=CC=CN1C(C)(C)C.CC. The molecule has 0 aromatic carbocycles. The molecule has 1 aliphatic rings. The molecule has 74 valence electrons. The number of allylic oxidation sites excluding steroid dienone is 3. The van der Waals surface area contributed by atoms with E-state index in [2.05, 4.69) is 38.5 Å². The molecule has 1 aliphatic heterocycles. The van der Waals surface area contributed by atoms with E-state index in [1.807, 2.05) is 32.1 Å².